The Labute approximate surface area is 120 Å². The molecule has 0 aliphatic rings. The Morgan fingerprint density at radius 2 is 1.90 bits per heavy atom. The molecule has 0 amide bonds. The third-order valence-electron chi connectivity index (χ3n) is 3.57. The summed E-state index contributed by atoms with van der Waals surface area (Å²) in [5.41, 5.74) is 1.41. The highest BCUT2D eigenvalue weighted by molar-refractivity contribution is 5.18. The lowest BCUT2D eigenvalue weighted by molar-refractivity contribution is 0.269. The number of aromatic nitrogens is 2. The van der Waals surface area contributed by atoms with E-state index >= 15 is 0 Å². The van der Waals surface area contributed by atoms with Gasteiger partial charge in [-0.2, -0.15) is 4.98 Å². The van der Waals surface area contributed by atoms with Gasteiger partial charge in [0.15, 0.2) is 5.82 Å². The molecule has 4 nitrogen and oxygen atoms in total. The molecule has 0 aliphatic heterocycles. The van der Waals surface area contributed by atoms with Crippen molar-refractivity contribution in [3.8, 4) is 0 Å². The van der Waals surface area contributed by atoms with Crippen molar-refractivity contribution in [3.05, 3.63) is 47.6 Å². The summed E-state index contributed by atoms with van der Waals surface area (Å²) in [6, 6.07) is 10.5. The van der Waals surface area contributed by atoms with Crippen molar-refractivity contribution in [3.63, 3.8) is 0 Å². The first-order valence-corrected chi connectivity index (χ1v) is 7.04. The highest BCUT2D eigenvalue weighted by atomic mass is 16.5. The average Bonchev–Trinajstić information content (AvgIpc) is 2.83. The van der Waals surface area contributed by atoms with Crippen molar-refractivity contribution < 1.29 is 4.52 Å². The monoisotopic (exact) mass is 273 g/mol. The van der Waals surface area contributed by atoms with E-state index in [1.165, 1.54) is 5.56 Å². The SMILES string of the molecule is CC(NCc1nc(Cc2ccccc2)no1)C(C)(C)C. The summed E-state index contributed by atoms with van der Waals surface area (Å²) in [7, 11) is 0. The average molecular weight is 273 g/mol. The van der Waals surface area contributed by atoms with Crippen molar-refractivity contribution >= 4 is 0 Å². The number of benzene rings is 1. The molecule has 2 rings (SSSR count). The van der Waals surface area contributed by atoms with Gasteiger partial charge in [0.2, 0.25) is 5.89 Å². The van der Waals surface area contributed by atoms with Crippen LogP contribution < -0.4 is 5.32 Å². The standard InChI is InChI=1S/C16H23N3O/c1-12(16(2,3)4)17-11-15-18-14(19-20-15)10-13-8-6-5-7-9-13/h5-9,12,17H,10-11H2,1-4H3. The smallest absolute Gasteiger partial charge is 0.240 e. The summed E-state index contributed by atoms with van der Waals surface area (Å²) < 4.78 is 5.28. The molecule has 0 aliphatic carbocycles. The predicted octanol–water partition coefficient (Wildman–Crippen LogP) is 3.18. The van der Waals surface area contributed by atoms with Gasteiger partial charge in [-0.15, -0.1) is 0 Å². The zero-order chi connectivity index (χ0) is 14.6. The number of nitrogens with zero attached hydrogens (tertiary/aromatic N) is 2. The van der Waals surface area contributed by atoms with Crippen LogP contribution in [0.5, 0.6) is 0 Å². The van der Waals surface area contributed by atoms with Gasteiger partial charge in [-0.3, -0.25) is 0 Å². The van der Waals surface area contributed by atoms with E-state index in [0.29, 0.717) is 24.9 Å². The fourth-order valence-corrected chi connectivity index (χ4v) is 1.76. The highest BCUT2D eigenvalue weighted by Gasteiger charge is 2.20. The number of nitrogens with one attached hydrogen (secondary N) is 1. The molecule has 0 bridgehead atoms. The second-order valence-electron chi connectivity index (χ2n) is 6.24. The van der Waals surface area contributed by atoms with E-state index < -0.39 is 0 Å². The van der Waals surface area contributed by atoms with Gasteiger partial charge in [-0.05, 0) is 17.9 Å². The van der Waals surface area contributed by atoms with Gasteiger partial charge in [0, 0.05) is 12.5 Å². The molecule has 1 atom stereocenters. The van der Waals surface area contributed by atoms with Gasteiger partial charge in [0.1, 0.15) is 0 Å². The number of hydrogen-bond acceptors (Lipinski definition) is 4. The molecule has 108 valence electrons. The number of rotatable bonds is 5. The van der Waals surface area contributed by atoms with Crippen molar-refractivity contribution in [2.24, 2.45) is 5.41 Å². The van der Waals surface area contributed by atoms with E-state index in [4.69, 9.17) is 4.52 Å². The second-order valence-corrected chi connectivity index (χ2v) is 6.24. The fourth-order valence-electron chi connectivity index (χ4n) is 1.76. The minimum Gasteiger partial charge on any atom is -0.338 e. The fraction of sp³-hybridized carbons (Fsp3) is 0.500. The molecule has 1 aromatic carbocycles. The van der Waals surface area contributed by atoms with Crippen molar-refractivity contribution in [1.29, 1.82) is 0 Å². The summed E-state index contributed by atoms with van der Waals surface area (Å²) in [4.78, 5) is 4.42. The normalized spacial score (nSPS) is 13.4. The van der Waals surface area contributed by atoms with Gasteiger partial charge in [0.05, 0.1) is 6.54 Å². The first kappa shape index (κ1) is 14.7. The first-order chi connectivity index (χ1) is 9.45. The summed E-state index contributed by atoms with van der Waals surface area (Å²) in [5.74, 6) is 1.38. The van der Waals surface area contributed by atoms with Gasteiger partial charge in [-0.25, -0.2) is 0 Å². The first-order valence-electron chi connectivity index (χ1n) is 7.04. The summed E-state index contributed by atoms with van der Waals surface area (Å²) >= 11 is 0. The van der Waals surface area contributed by atoms with E-state index in [2.05, 4.69) is 55.3 Å². The molecule has 4 heteroatoms. The molecule has 1 N–H and O–H groups in total. The molecule has 0 radical (unpaired) electrons. The van der Waals surface area contributed by atoms with Crippen LogP contribution in [0, 0.1) is 5.41 Å². The maximum absolute atomic E-state index is 5.28. The van der Waals surface area contributed by atoms with Crippen LogP contribution in [0.15, 0.2) is 34.9 Å². The third kappa shape index (κ3) is 4.17. The largest absolute Gasteiger partial charge is 0.338 e. The van der Waals surface area contributed by atoms with Crippen LogP contribution in [0.4, 0.5) is 0 Å². The molecular formula is C16H23N3O. The minimum atomic E-state index is 0.215. The van der Waals surface area contributed by atoms with Crippen molar-refractivity contribution in [2.45, 2.75) is 46.7 Å². The maximum atomic E-state index is 5.28. The Morgan fingerprint density at radius 3 is 2.55 bits per heavy atom. The lowest BCUT2D eigenvalue weighted by atomic mass is 9.88. The van der Waals surface area contributed by atoms with Crippen LogP contribution in [-0.4, -0.2) is 16.2 Å². The van der Waals surface area contributed by atoms with Crippen LogP contribution in [-0.2, 0) is 13.0 Å². The Morgan fingerprint density at radius 1 is 1.20 bits per heavy atom. The molecule has 0 saturated heterocycles. The van der Waals surface area contributed by atoms with E-state index in [-0.39, 0.29) is 5.41 Å². The lowest BCUT2D eigenvalue weighted by Crippen LogP contribution is -2.37. The summed E-state index contributed by atoms with van der Waals surface area (Å²) in [5, 5.41) is 7.45. The van der Waals surface area contributed by atoms with Crippen LogP contribution in [0.3, 0.4) is 0 Å². The Kier molecular flexibility index (Phi) is 4.55. The predicted molar refractivity (Wildman–Crippen MR) is 79.3 cm³/mol. The van der Waals surface area contributed by atoms with E-state index in [9.17, 15) is 0 Å². The molecule has 2 aromatic rings. The van der Waals surface area contributed by atoms with Gasteiger partial charge < -0.3 is 9.84 Å². The van der Waals surface area contributed by atoms with E-state index in [1.54, 1.807) is 0 Å². The lowest BCUT2D eigenvalue weighted by Gasteiger charge is -2.27. The zero-order valence-electron chi connectivity index (χ0n) is 12.7. The Hall–Kier alpha value is -1.68. The Balaban J connectivity index is 1.90. The van der Waals surface area contributed by atoms with Crippen LogP contribution in [0.1, 0.15) is 45.0 Å². The van der Waals surface area contributed by atoms with E-state index in [0.717, 1.165) is 5.82 Å². The third-order valence-corrected chi connectivity index (χ3v) is 3.57. The summed E-state index contributed by atoms with van der Waals surface area (Å²) in [6.45, 7) is 9.40. The Bertz CT molecular complexity index is 528. The number of hydrogen-bond donors (Lipinski definition) is 1. The second kappa shape index (κ2) is 6.18. The summed E-state index contributed by atoms with van der Waals surface area (Å²) in [6.07, 6.45) is 0.708. The van der Waals surface area contributed by atoms with Crippen LogP contribution in [0.2, 0.25) is 0 Å². The maximum Gasteiger partial charge on any atom is 0.240 e. The zero-order valence-corrected chi connectivity index (χ0v) is 12.7. The van der Waals surface area contributed by atoms with Gasteiger partial charge >= 0.3 is 0 Å². The molecule has 0 spiro atoms. The van der Waals surface area contributed by atoms with Gasteiger partial charge in [-0.1, -0.05) is 56.3 Å². The van der Waals surface area contributed by atoms with E-state index in [1.807, 2.05) is 18.2 Å². The van der Waals surface area contributed by atoms with Crippen molar-refractivity contribution in [2.75, 3.05) is 0 Å². The highest BCUT2D eigenvalue weighted by Crippen LogP contribution is 2.18. The quantitative estimate of drug-likeness (QED) is 0.909. The molecule has 20 heavy (non-hydrogen) atoms. The van der Waals surface area contributed by atoms with Crippen molar-refractivity contribution in [1.82, 2.24) is 15.5 Å². The molecule has 1 unspecified atom stereocenters. The molecular weight excluding hydrogens is 250 g/mol. The molecule has 1 aromatic heterocycles. The molecule has 1 heterocycles. The molecule has 0 fully saturated rings. The minimum absolute atomic E-state index is 0.215. The van der Waals surface area contributed by atoms with Gasteiger partial charge in [0.25, 0.3) is 0 Å². The molecule has 0 saturated carbocycles. The van der Waals surface area contributed by atoms with Crippen LogP contribution >= 0.6 is 0 Å². The topological polar surface area (TPSA) is 51.0 Å². The van der Waals surface area contributed by atoms with Crippen LogP contribution in [0.25, 0.3) is 0 Å².